The number of fused-ring (bicyclic) bond motifs is 2. The number of hydrogen-bond acceptors (Lipinski definition) is 6. The van der Waals surface area contributed by atoms with Gasteiger partial charge in [0, 0.05) is 57.8 Å². The Labute approximate surface area is 188 Å². The number of piperazine rings is 1. The van der Waals surface area contributed by atoms with Gasteiger partial charge in [0.2, 0.25) is 0 Å². The van der Waals surface area contributed by atoms with Crippen LogP contribution in [0.2, 0.25) is 0 Å². The van der Waals surface area contributed by atoms with Crippen molar-refractivity contribution < 1.29 is 0 Å². The molecule has 1 fully saturated rings. The highest BCUT2D eigenvalue weighted by molar-refractivity contribution is 7.99. The molecule has 0 aliphatic carbocycles. The summed E-state index contributed by atoms with van der Waals surface area (Å²) in [6.07, 6.45) is 0.871. The lowest BCUT2D eigenvalue weighted by Crippen LogP contribution is -2.44. The Balaban J connectivity index is 1.38. The third-order valence-electron chi connectivity index (χ3n) is 6.22. The van der Waals surface area contributed by atoms with Crippen molar-refractivity contribution in [3.8, 4) is 0 Å². The highest BCUT2D eigenvalue weighted by atomic mass is 32.2. The molecule has 6 heteroatoms. The van der Waals surface area contributed by atoms with Gasteiger partial charge in [0.05, 0.1) is 5.69 Å². The molecule has 3 aromatic rings. The lowest BCUT2D eigenvalue weighted by molar-refractivity contribution is 0.275. The first-order valence-corrected chi connectivity index (χ1v) is 11.9. The molecule has 2 aliphatic heterocycles. The van der Waals surface area contributed by atoms with E-state index in [0.29, 0.717) is 0 Å². The van der Waals surface area contributed by atoms with E-state index in [1.807, 2.05) is 5.41 Å². The van der Waals surface area contributed by atoms with Gasteiger partial charge in [0.1, 0.15) is 11.6 Å². The van der Waals surface area contributed by atoms with Crippen LogP contribution in [0.15, 0.2) is 54.5 Å². The quantitative estimate of drug-likeness (QED) is 0.530. The third-order valence-corrected chi connectivity index (χ3v) is 7.04. The van der Waals surface area contributed by atoms with Crippen LogP contribution < -0.4 is 4.90 Å². The predicted octanol–water partition coefficient (Wildman–Crippen LogP) is 4.62. The van der Waals surface area contributed by atoms with Gasteiger partial charge in [-0.2, -0.15) is 0 Å². The Morgan fingerprint density at radius 1 is 1.00 bits per heavy atom. The number of aromatic nitrogens is 2. The van der Waals surface area contributed by atoms with E-state index in [-0.39, 0.29) is 0 Å². The van der Waals surface area contributed by atoms with E-state index in [1.54, 1.807) is 11.9 Å². The third kappa shape index (κ3) is 4.20. The summed E-state index contributed by atoms with van der Waals surface area (Å²) in [6.45, 7) is 12.8. The fourth-order valence-corrected chi connectivity index (χ4v) is 5.25. The standard InChI is InChI=1S/C25H29N5S/c1-3-24-26-23-18-28(16-20-10-7-9-19-8-5-6-11-21(19)20)17-22(23)25(27-24)29-12-14-30(15-13-29)31-4-2/h4-11H,2-3,12-18H2,1H3. The summed E-state index contributed by atoms with van der Waals surface area (Å²) in [5.41, 5.74) is 3.92. The van der Waals surface area contributed by atoms with E-state index in [9.17, 15) is 0 Å². The predicted molar refractivity (Wildman–Crippen MR) is 130 cm³/mol. The van der Waals surface area contributed by atoms with Crippen LogP contribution in [0.3, 0.4) is 0 Å². The first kappa shape index (κ1) is 20.5. The minimum atomic E-state index is 0.871. The maximum atomic E-state index is 4.99. The van der Waals surface area contributed by atoms with E-state index in [0.717, 1.165) is 63.9 Å². The van der Waals surface area contributed by atoms with Crippen LogP contribution in [0.5, 0.6) is 0 Å². The Kier molecular flexibility index (Phi) is 5.94. The van der Waals surface area contributed by atoms with Crippen LogP contribution in [0.1, 0.15) is 29.6 Å². The monoisotopic (exact) mass is 431 g/mol. The maximum Gasteiger partial charge on any atom is 0.137 e. The van der Waals surface area contributed by atoms with E-state index in [1.165, 1.54) is 27.6 Å². The molecule has 5 nitrogen and oxygen atoms in total. The summed E-state index contributed by atoms with van der Waals surface area (Å²) in [6, 6.07) is 15.3. The lowest BCUT2D eigenvalue weighted by atomic mass is 10.0. The molecule has 160 valence electrons. The summed E-state index contributed by atoms with van der Waals surface area (Å²) < 4.78 is 2.37. The van der Waals surface area contributed by atoms with E-state index in [4.69, 9.17) is 9.97 Å². The Morgan fingerprint density at radius 2 is 1.81 bits per heavy atom. The van der Waals surface area contributed by atoms with Gasteiger partial charge < -0.3 is 4.90 Å². The first-order valence-electron chi connectivity index (χ1n) is 11.1. The van der Waals surface area contributed by atoms with Crippen LogP contribution in [-0.4, -0.2) is 45.4 Å². The SMILES string of the molecule is C=CSN1CCN(c2nc(CC)nc3c2CN(Cc2cccc4ccccc24)C3)CC1. The first-order chi connectivity index (χ1) is 15.2. The fourth-order valence-electron chi connectivity index (χ4n) is 4.66. The summed E-state index contributed by atoms with van der Waals surface area (Å²) in [5.74, 6) is 2.12. The Bertz CT molecular complexity index is 1090. The number of nitrogens with zero attached hydrogens (tertiary/aromatic N) is 5. The second kappa shape index (κ2) is 8.99. The van der Waals surface area contributed by atoms with Gasteiger partial charge in [-0.05, 0) is 21.7 Å². The van der Waals surface area contributed by atoms with Gasteiger partial charge in [0.25, 0.3) is 0 Å². The molecule has 0 amide bonds. The summed E-state index contributed by atoms with van der Waals surface area (Å²) in [4.78, 5) is 14.9. The lowest BCUT2D eigenvalue weighted by Gasteiger charge is -2.35. The highest BCUT2D eigenvalue weighted by Gasteiger charge is 2.29. The largest absolute Gasteiger partial charge is 0.354 e. The van der Waals surface area contributed by atoms with Gasteiger partial charge in [0.15, 0.2) is 0 Å². The number of hydrogen-bond donors (Lipinski definition) is 0. The van der Waals surface area contributed by atoms with Crippen LogP contribution >= 0.6 is 11.9 Å². The van der Waals surface area contributed by atoms with Crippen molar-refractivity contribution in [2.45, 2.75) is 33.0 Å². The van der Waals surface area contributed by atoms with Crippen molar-refractivity contribution in [1.82, 2.24) is 19.2 Å². The molecule has 1 saturated heterocycles. The van der Waals surface area contributed by atoms with Gasteiger partial charge in [-0.1, -0.05) is 67.9 Å². The summed E-state index contributed by atoms with van der Waals surface area (Å²) >= 11 is 1.71. The minimum Gasteiger partial charge on any atom is -0.354 e. The molecule has 3 heterocycles. The molecule has 1 aromatic heterocycles. The van der Waals surface area contributed by atoms with Crippen molar-refractivity contribution in [3.63, 3.8) is 0 Å². The van der Waals surface area contributed by atoms with Crippen molar-refractivity contribution in [2.24, 2.45) is 0 Å². The molecule has 0 bridgehead atoms. The van der Waals surface area contributed by atoms with Crippen molar-refractivity contribution in [3.05, 3.63) is 77.1 Å². The van der Waals surface area contributed by atoms with E-state index < -0.39 is 0 Å². The normalized spacial score (nSPS) is 17.3. The Morgan fingerprint density at radius 3 is 2.61 bits per heavy atom. The van der Waals surface area contributed by atoms with Crippen LogP contribution in [-0.2, 0) is 26.1 Å². The second-order valence-electron chi connectivity index (χ2n) is 8.21. The van der Waals surface area contributed by atoms with Crippen molar-refractivity contribution >= 4 is 28.5 Å². The highest BCUT2D eigenvalue weighted by Crippen LogP contribution is 2.32. The Hall–Kier alpha value is -2.41. The van der Waals surface area contributed by atoms with Crippen LogP contribution in [0.4, 0.5) is 5.82 Å². The second-order valence-corrected chi connectivity index (χ2v) is 9.27. The van der Waals surface area contributed by atoms with Gasteiger partial charge in [-0.25, -0.2) is 14.3 Å². The van der Waals surface area contributed by atoms with Crippen molar-refractivity contribution in [1.29, 1.82) is 0 Å². The van der Waals surface area contributed by atoms with E-state index in [2.05, 4.69) is 70.1 Å². The maximum absolute atomic E-state index is 4.99. The molecular weight excluding hydrogens is 402 g/mol. The zero-order chi connectivity index (χ0) is 21.2. The number of benzene rings is 2. The molecule has 31 heavy (non-hydrogen) atoms. The number of anilines is 1. The fraction of sp³-hybridized carbons (Fsp3) is 0.360. The smallest absolute Gasteiger partial charge is 0.137 e. The van der Waals surface area contributed by atoms with Gasteiger partial charge in [-0.3, -0.25) is 4.90 Å². The minimum absolute atomic E-state index is 0.871. The molecule has 5 rings (SSSR count). The average Bonchev–Trinajstić information content (AvgIpc) is 3.22. The zero-order valence-corrected chi connectivity index (χ0v) is 18.9. The topological polar surface area (TPSA) is 35.5 Å². The number of rotatable bonds is 6. The number of aryl methyl sites for hydroxylation is 1. The molecule has 0 saturated carbocycles. The average molecular weight is 432 g/mol. The molecule has 0 N–H and O–H groups in total. The molecule has 0 radical (unpaired) electrons. The molecule has 2 aromatic carbocycles. The molecule has 2 aliphatic rings. The molecule has 0 unspecified atom stereocenters. The van der Waals surface area contributed by atoms with Gasteiger partial charge in [-0.15, -0.1) is 0 Å². The van der Waals surface area contributed by atoms with Crippen molar-refractivity contribution in [2.75, 3.05) is 31.1 Å². The van der Waals surface area contributed by atoms with E-state index >= 15 is 0 Å². The summed E-state index contributed by atoms with van der Waals surface area (Å²) in [5, 5.41) is 4.57. The van der Waals surface area contributed by atoms with Crippen LogP contribution in [0, 0.1) is 0 Å². The molecule has 0 spiro atoms. The molecular formula is C25H29N5S. The zero-order valence-electron chi connectivity index (χ0n) is 18.1. The van der Waals surface area contributed by atoms with Crippen LogP contribution in [0.25, 0.3) is 10.8 Å². The van der Waals surface area contributed by atoms with Gasteiger partial charge >= 0.3 is 0 Å². The summed E-state index contributed by atoms with van der Waals surface area (Å²) in [7, 11) is 0. The molecule has 0 atom stereocenters.